The molecule has 0 saturated carbocycles. The number of rotatable bonds is 8. The summed E-state index contributed by atoms with van der Waals surface area (Å²) in [6, 6.07) is 7.47. The average molecular weight is 899 g/mol. The summed E-state index contributed by atoms with van der Waals surface area (Å²) in [6.45, 7) is 12.7. The van der Waals surface area contributed by atoms with Crippen LogP contribution in [0, 0.1) is 23.2 Å². The molecule has 3 aliphatic heterocycles. The van der Waals surface area contributed by atoms with Crippen molar-refractivity contribution in [1.82, 2.24) is 40.1 Å². The minimum Gasteiger partial charge on any atom is -0.464 e. The molecule has 3 aromatic heterocycles. The van der Waals surface area contributed by atoms with Gasteiger partial charge in [0.1, 0.15) is 18.1 Å². The maximum atomic E-state index is 14.6. The second-order valence-corrected chi connectivity index (χ2v) is 19.6. The fraction of sp³-hybridized carbons (Fsp3) is 0.553. The zero-order chi connectivity index (χ0) is 46.2. The molecule has 1 unspecified atom stereocenters. The Morgan fingerprint density at radius 2 is 1.88 bits per heavy atom. The Balaban J connectivity index is 1.26. The number of aryl methyl sites for hydroxylation is 1. The summed E-state index contributed by atoms with van der Waals surface area (Å²) in [7, 11) is 6.63. The number of hydrogen-bond acceptors (Lipinski definition) is 12. The molecule has 344 valence electrons. The van der Waals surface area contributed by atoms with Crippen LogP contribution in [0.2, 0.25) is 0 Å². The number of thiazole rings is 1. The molecular weight excluding hydrogens is 837 g/mol. The highest BCUT2D eigenvalue weighted by atomic mass is 32.1. The molecule has 4 amide bonds. The number of benzene rings is 1. The van der Waals surface area contributed by atoms with E-state index in [-0.39, 0.29) is 43.4 Å². The van der Waals surface area contributed by atoms with Crippen LogP contribution in [0.1, 0.15) is 76.8 Å². The topological polar surface area (TPSA) is 178 Å². The van der Waals surface area contributed by atoms with Crippen molar-refractivity contribution in [2.75, 3.05) is 47.5 Å². The monoisotopic (exact) mass is 898 g/mol. The van der Waals surface area contributed by atoms with Gasteiger partial charge in [0.25, 0.3) is 5.91 Å². The van der Waals surface area contributed by atoms with Gasteiger partial charge in [-0.05, 0) is 67.9 Å². The first-order valence-corrected chi connectivity index (χ1v) is 23.0. The van der Waals surface area contributed by atoms with E-state index in [0.29, 0.717) is 37.4 Å². The number of hydrogen-bond donors (Lipinski definition) is 2. The molecule has 2 saturated heterocycles. The van der Waals surface area contributed by atoms with Gasteiger partial charge in [-0.1, -0.05) is 40.7 Å². The third-order valence-electron chi connectivity index (χ3n) is 13.0. The average Bonchev–Trinajstić information content (AvgIpc) is 3.99. The maximum Gasteiger partial charge on any atom is 0.409 e. The Morgan fingerprint density at radius 1 is 1.11 bits per heavy atom. The van der Waals surface area contributed by atoms with Gasteiger partial charge < -0.3 is 33.9 Å². The number of nitrogens with one attached hydrogen (secondary N) is 2. The molecule has 2 fully saturated rings. The summed E-state index contributed by atoms with van der Waals surface area (Å²) >= 11 is 1.40. The lowest BCUT2D eigenvalue weighted by atomic mass is 9.84. The molecule has 3 aliphatic rings. The molecule has 7 rings (SSSR count). The second-order valence-electron chi connectivity index (χ2n) is 18.7. The summed E-state index contributed by atoms with van der Waals surface area (Å²) in [5, 5.41) is 8.04. The standard InChI is InChI=1S/C47H62N8O8S/c1-26(2)40(53(8)43(57)33-23-54(22-27(33)3)46(60)62-10)42(56)50-35-20-38-49-36(24-64-38)29-15-16-37-31(19-29)32(41(52(37)7)30-13-11-17-48-39(30)28(4)61-9)21-47(5,6)25-63-45(59)34-14-12-18-55(51-34)44(35)58/h11,13,15-17,19,24,26-28,33-35,40,51H,12,14,18,20-23,25H2,1-10H3,(H,50,56)/t27-,28-,33+,34-,35-,40?/m0/s1. The van der Waals surface area contributed by atoms with Crippen molar-refractivity contribution in [2.24, 2.45) is 30.2 Å². The number of pyridine rings is 1. The number of methoxy groups -OCH3 is 2. The van der Waals surface area contributed by atoms with Crippen LogP contribution in [0.15, 0.2) is 41.9 Å². The Bertz CT molecular complexity index is 2410. The number of nitrogens with zero attached hydrogens (tertiary/aromatic N) is 6. The maximum absolute atomic E-state index is 14.6. The number of amides is 4. The summed E-state index contributed by atoms with van der Waals surface area (Å²) < 4.78 is 18.9. The highest BCUT2D eigenvalue weighted by Gasteiger charge is 2.43. The zero-order valence-electron chi connectivity index (χ0n) is 38.6. The van der Waals surface area contributed by atoms with Crippen LogP contribution in [0.25, 0.3) is 33.4 Å². The minimum absolute atomic E-state index is 0.0669. The Hall–Kier alpha value is -5.39. The predicted octanol–water partition coefficient (Wildman–Crippen LogP) is 5.54. The third kappa shape index (κ3) is 9.38. The van der Waals surface area contributed by atoms with Gasteiger partial charge in [-0.15, -0.1) is 11.3 Å². The largest absolute Gasteiger partial charge is 0.464 e. The fourth-order valence-electron chi connectivity index (χ4n) is 9.52. The minimum atomic E-state index is -1.09. The summed E-state index contributed by atoms with van der Waals surface area (Å²) in [6.07, 6.45) is 2.64. The molecule has 16 nitrogen and oxygen atoms in total. The van der Waals surface area contributed by atoms with Crippen LogP contribution in [0.3, 0.4) is 0 Å². The van der Waals surface area contributed by atoms with E-state index in [4.69, 9.17) is 24.2 Å². The molecular formula is C47H62N8O8S. The van der Waals surface area contributed by atoms with Gasteiger partial charge in [0, 0.05) is 86.3 Å². The van der Waals surface area contributed by atoms with Gasteiger partial charge in [0.05, 0.1) is 47.8 Å². The summed E-state index contributed by atoms with van der Waals surface area (Å²) in [5.41, 5.74) is 9.10. The highest BCUT2D eigenvalue weighted by Crippen LogP contribution is 2.41. The number of carbonyl (C=O) groups excluding carboxylic acids is 5. The smallest absolute Gasteiger partial charge is 0.409 e. The Kier molecular flexibility index (Phi) is 13.8. The SMILES string of the molecule is COC(=O)N1C[C@H](C)[C@H](C(=O)N(C)C(C(=O)N[C@H]2Cc3nc(cs3)-c3ccc4c(c3)c(c(-c3cccnc3[C@H](C)OC)n4C)CC(C)(C)COC(=O)[C@@H]3CCCN(N3)C2=O)C(C)C)C1. The van der Waals surface area contributed by atoms with Crippen LogP contribution in [0.5, 0.6) is 0 Å². The van der Waals surface area contributed by atoms with E-state index in [0.717, 1.165) is 44.7 Å². The lowest BCUT2D eigenvalue weighted by molar-refractivity contribution is -0.155. The molecule has 0 spiro atoms. The number of hydrazine groups is 1. The summed E-state index contributed by atoms with van der Waals surface area (Å²) in [4.78, 5) is 82.0. The fourth-order valence-corrected chi connectivity index (χ4v) is 10.4. The number of carbonyl (C=O) groups is 5. The van der Waals surface area contributed by atoms with Crippen molar-refractivity contribution >= 4 is 52.0 Å². The van der Waals surface area contributed by atoms with Crippen molar-refractivity contribution in [3.63, 3.8) is 0 Å². The first-order valence-electron chi connectivity index (χ1n) is 22.1. The van der Waals surface area contributed by atoms with E-state index < -0.39 is 53.3 Å². The number of fused-ring (bicyclic) bond motifs is 6. The summed E-state index contributed by atoms with van der Waals surface area (Å²) in [5.74, 6) is -2.68. The molecule has 0 radical (unpaired) electrons. The van der Waals surface area contributed by atoms with E-state index in [2.05, 4.69) is 54.4 Å². The van der Waals surface area contributed by atoms with Gasteiger partial charge in [-0.2, -0.15) is 0 Å². The second kappa shape index (κ2) is 19.0. The van der Waals surface area contributed by atoms with Crippen molar-refractivity contribution in [1.29, 1.82) is 0 Å². The van der Waals surface area contributed by atoms with Crippen LogP contribution >= 0.6 is 11.3 Å². The lowest BCUT2D eigenvalue weighted by Gasteiger charge is -2.37. The van der Waals surface area contributed by atoms with Gasteiger partial charge in [-0.3, -0.25) is 29.2 Å². The van der Waals surface area contributed by atoms with Crippen LogP contribution in [-0.2, 0) is 53.3 Å². The van der Waals surface area contributed by atoms with Crippen LogP contribution < -0.4 is 10.7 Å². The van der Waals surface area contributed by atoms with Gasteiger partial charge in [0.15, 0.2) is 0 Å². The Morgan fingerprint density at radius 3 is 2.59 bits per heavy atom. The number of esters is 1. The third-order valence-corrected chi connectivity index (χ3v) is 13.9. The lowest BCUT2D eigenvalue weighted by Crippen LogP contribution is -2.62. The van der Waals surface area contributed by atoms with Crippen molar-refractivity contribution in [3.05, 3.63) is 58.2 Å². The number of ether oxygens (including phenoxy) is 3. The number of likely N-dealkylation sites (N-methyl/N-ethyl adjacent to an activating group) is 1. The van der Waals surface area contributed by atoms with Gasteiger partial charge in [0.2, 0.25) is 11.8 Å². The van der Waals surface area contributed by atoms with E-state index >= 15 is 0 Å². The molecule has 0 aliphatic carbocycles. The quantitative estimate of drug-likeness (QED) is 0.213. The van der Waals surface area contributed by atoms with E-state index in [1.165, 1.54) is 33.3 Å². The molecule has 2 N–H and O–H groups in total. The first-order chi connectivity index (χ1) is 30.4. The first kappa shape index (κ1) is 46.6. The van der Waals surface area contributed by atoms with E-state index in [9.17, 15) is 24.0 Å². The normalized spacial score (nSPS) is 22.5. The molecule has 6 atom stereocenters. The van der Waals surface area contributed by atoms with Crippen molar-refractivity contribution in [2.45, 2.75) is 91.5 Å². The number of likely N-dealkylation sites (tertiary alicyclic amines) is 1. The Labute approximate surface area is 379 Å². The predicted molar refractivity (Wildman–Crippen MR) is 243 cm³/mol. The van der Waals surface area contributed by atoms with Gasteiger partial charge in [-0.25, -0.2) is 15.2 Å². The molecule has 6 bridgehead atoms. The van der Waals surface area contributed by atoms with Crippen LogP contribution in [-0.4, -0.2) is 125 Å². The van der Waals surface area contributed by atoms with Crippen molar-refractivity contribution in [3.8, 4) is 22.5 Å². The number of cyclic esters (lactones) is 1. The van der Waals surface area contributed by atoms with E-state index in [1.807, 2.05) is 45.2 Å². The highest BCUT2D eigenvalue weighted by molar-refractivity contribution is 7.10. The molecule has 1 aromatic carbocycles. The molecule has 17 heteroatoms. The van der Waals surface area contributed by atoms with Crippen molar-refractivity contribution < 1.29 is 38.2 Å². The zero-order valence-corrected chi connectivity index (χ0v) is 39.4. The molecule has 4 aromatic rings. The van der Waals surface area contributed by atoms with Crippen LogP contribution in [0.4, 0.5) is 4.79 Å². The number of aromatic nitrogens is 3. The van der Waals surface area contributed by atoms with E-state index in [1.54, 1.807) is 20.4 Å². The molecule has 6 heterocycles. The van der Waals surface area contributed by atoms with Gasteiger partial charge >= 0.3 is 12.1 Å². The molecule has 64 heavy (non-hydrogen) atoms.